The van der Waals surface area contributed by atoms with Crippen LogP contribution in [-0.2, 0) is 17.8 Å². The number of carbonyl (C=O) groups is 2. The van der Waals surface area contributed by atoms with Crippen LogP contribution in [0.1, 0.15) is 46.5 Å². The Labute approximate surface area is 167 Å². The zero-order valence-corrected chi connectivity index (χ0v) is 15.8. The standard InChI is InChI=1S/C21H21N5O3/c27-19-7-6-17(26(19)13-10-15-4-2-1-3-5-15)21-24-18(25-29-21)14-23-20(28)16-8-11-22-12-9-16/h1-5,8-9,11-12,17H,6-7,10,13-14H2,(H,23,28)/t17-/m0/s1. The van der Waals surface area contributed by atoms with E-state index in [1.54, 1.807) is 29.4 Å². The number of nitrogens with zero attached hydrogens (tertiary/aromatic N) is 4. The number of nitrogens with one attached hydrogen (secondary N) is 1. The minimum absolute atomic E-state index is 0.0941. The Morgan fingerprint density at radius 3 is 2.76 bits per heavy atom. The van der Waals surface area contributed by atoms with Crippen LogP contribution in [0, 0.1) is 0 Å². The summed E-state index contributed by atoms with van der Waals surface area (Å²) in [6.45, 7) is 0.749. The minimum atomic E-state index is -0.237. The first-order valence-corrected chi connectivity index (χ1v) is 9.55. The van der Waals surface area contributed by atoms with Crippen LogP contribution >= 0.6 is 0 Å². The SMILES string of the molecule is O=C(NCc1noc([C@@H]2CCC(=O)N2CCc2ccccc2)n1)c1ccncc1. The maximum absolute atomic E-state index is 12.3. The van der Waals surface area contributed by atoms with Crippen molar-refractivity contribution in [3.8, 4) is 0 Å². The van der Waals surface area contributed by atoms with Crippen LogP contribution in [0.15, 0.2) is 59.4 Å². The first-order chi connectivity index (χ1) is 14.2. The monoisotopic (exact) mass is 391 g/mol. The molecule has 1 aliphatic rings. The molecule has 0 aliphatic carbocycles. The Bertz CT molecular complexity index is 974. The number of pyridine rings is 1. The highest BCUT2D eigenvalue weighted by Gasteiger charge is 2.35. The summed E-state index contributed by atoms with van der Waals surface area (Å²) in [4.78, 5) is 34.5. The topological polar surface area (TPSA) is 101 Å². The molecule has 1 atom stereocenters. The van der Waals surface area contributed by atoms with Crippen molar-refractivity contribution >= 4 is 11.8 Å². The fourth-order valence-corrected chi connectivity index (χ4v) is 3.40. The van der Waals surface area contributed by atoms with Crippen LogP contribution in [-0.4, -0.2) is 38.4 Å². The van der Waals surface area contributed by atoms with Gasteiger partial charge in [-0.15, -0.1) is 0 Å². The highest BCUT2D eigenvalue weighted by atomic mass is 16.5. The van der Waals surface area contributed by atoms with Crippen molar-refractivity contribution in [1.82, 2.24) is 25.3 Å². The van der Waals surface area contributed by atoms with Gasteiger partial charge in [0.1, 0.15) is 6.04 Å². The number of hydrogen-bond donors (Lipinski definition) is 1. The molecule has 2 aromatic heterocycles. The van der Waals surface area contributed by atoms with Crippen molar-refractivity contribution in [1.29, 1.82) is 0 Å². The van der Waals surface area contributed by atoms with E-state index in [0.717, 1.165) is 6.42 Å². The molecular formula is C21H21N5O3. The molecule has 1 N–H and O–H groups in total. The van der Waals surface area contributed by atoms with Crippen LogP contribution in [0.2, 0.25) is 0 Å². The lowest BCUT2D eigenvalue weighted by Crippen LogP contribution is -2.30. The van der Waals surface area contributed by atoms with Gasteiger partial charge in [-0.3, -0.25) is 14.6 Å². The second-order valence-corrected chi connectivity index (χ2v) is 6.84. The molecule has 2 amide bonds. The largest absolute Gasteiger partial charge is 0.345 e. The average Bonchev–Trinajstić information content (AvgIpc) is 3.38. The third-order valence-corrected chi connectivity index (χ3v) is 4.93. The van der Waals surface area contributed by atoms with Gasteiger partial charge >= 0.3 is 0 Å². The van der Waals surface area contributed by atoms with Crippen molar-refractivity contribution in [2.24, 2.45) is 0 Å². The summed E-state index contributed by atoms with van der Waals surface area (Å²) < 4.78 is 5.40. The van der Waals surface area contributed by atoms with E-state index in [-0.39, 0.29) is 24.4 Å². The second-order valence-electron chi connectivity index (χ2n) is 6.84. The molecule has 3 aromatic rings. The first kappa shape index (κ1) is 18.8. The number of rotatable bonds is 7. The molecule has 4 rings (SSSR count). The normalized spacial score (nSPS) is 16.2. The van der Waals surface area contributed by atoms with E-state index in [0.29, 0.717) is 36.7 Å². The molecule has 0 bridgehead atoms. The highest BCUT2D eigenvalue weighted by molar-refractivity contribution is 5.93. The molecule has 8 nitrogen and oxygen atoms in total. The number of likely N-dealkylation sites (tertiary alicyclic amines) is 1. The fourth-order valence-electron chi connectivity index (χ4n) is 3.40. The van der Waals surface area contributed by atoms with E-state index in [1.165, 1.54) is 5.56 Å². The van der Waals surface area contributed by atoms with Gasteiger partial charge in [-0.25, -0.2) is 0 Å². The van der Waals surface area contributed by atoms with Crippen molar-refractivity contribution in [2.45, 2.75) is 31.8 Å². The van der Waals surface area contributed by atoms with E-state index in [2.05, 4.69) is 20.4 Å². The van der Waals surface area contributed by atoms with E-state index in [4.69, 9.17) is 4.52 Å². The predicted octanol–water partition coefficient (Wildman–Crippen LogP) is 2.30. The zero-order chi connectivity index (χ0) is 20.1. The van der Waals surface area contributed by atoms with E-state index in [1.807, 2.05) is 30.3 Å². The summed E-state index contributed by atoms with van der Waals surface area (Å²) >= 11 is 0. The number of amides is 2. The van der Waals surface area contributed by atoms with Crippen LogP contribution in [0.3, 0.4) is 0 Å². The van der Waals surface area contributed by atoms with Gasteiger partial charge in [-0.05, 0) is 30.5 Å². The molecule has 0 unspecified atom stereocenters. The summed E-state index contributed by atoms with van der Waals surface area (Å²) in [5.41, 5.74) is 1.69. The third kappa shape index (κ3) is 4.48. The Morgan fingerprint density at radius 2 is 1.97 bits per heavy atom. The van der Waals surface area contributed by atoms with E-state index < -0.39 is 0 Å². The smallest absolute Gasteiger partial charge is 0.251 e. The highest BCUT2D eigenvalue weighted by Crippen LogP contribution is 2.31. The number of benzene rings is 1. The van der Waals surface area contributed by atoms with Crippen LogP contribution in [0.25, 0.3) is 0 Å². The van der Waals surface area contributed by atoms with Crippen molar-refractivity contribution < 1.29 is 14.1 Å². The Kier molecular flexibility index (Phi) is 5.60. The van der Waals surface area contributed by atoms with Crippen molar-refractivity contribution in [2.75, 3.05) is 6.54 Å². The molecule has 8 heteroatoms. The number of aromatic nitrogens is 3. The summed E-state index contributed by atoms with van der Waals surface area (Å²) in [5.74, 6) is 0.651. The maximum Gasteiger partial charge on any atom is 0.251 e. The molecule has 0 spiro atoms. The van der Waals surface area contributed by atoms with Crippen LogP contribution in [0.4, 0.5) is 0 Å². The molecule has 0 saturated carbocycles. The molecule has 3 heterocycles. The van der Waals surface area contributed by atoms with Crippen molar-refractivity contribution in [3.63, 3.8) is 0 Å². The molecule has 148 valence electrons. The van der Waals surface area contributed by atoms with Crippen LogP contribution < -0.4 is 5.32 Å². The zero-order valence-electron chi connectivity index (χ0n) is 15.8. The van der Waals surface area contributed by atoms with Gasteiger partial charge in [-0.2, -0.15) is 4.98 Å². The Hall–Kier alpha value is -3.55. The minimum Gasteiger partial charge on any atom is -0.345 e. The van der Waals surface area contributed by atoms with Gasteiger partial charge in [-0.1, -0.05) is 35.5 Å². The van der Waals surface area contributed by atoms with Crippen molar-refractivity contribution in [3.05, 3.63) is 77.7 Å². The first-order valence-electron chi connectivity index (χ1n) is 9.55. The summed E-state index contributed by atoms with van der Waals surface area (Å²) in [5, 5.41) is 6.71. The molecule has 1 fully saturated rings. The molecule has 1 aliphatic heterocycles. The molecule has 1 saturated heterocycles. The third-order valence-electron chi connectivity index (χ3n) is 4.93. The summed E-state index contributed by atoms with van der Waals surface area (Å²) in [6, 6.07) is 13.1. The lowest BCUT2D eigenvalue weighted by Gasteiger charge is -2.21. The molecule has 29 heavy (non-hydrogen) atoms. The Balaban J connectivity index is 1.37. The lowest BCUT2D eigenvalue weighted by molar-refractivity contribution is -0.129. The molecule has 0 radical (unpaired) electrons. The number of hydrogen-bond acceptors (Lipinski definition) is 6. The number of carbonyl (C=O) groups excluding carboxylic acids is 2. The summed E-state index contributed by atoms with van der Waals surface area (Å²) in [7, 11) is 0. The van der Waals surface area contributed by atoms with Crippen LogP contribution in [0.5, 0.6) is 0 Å². The molecular weight excluding hydrogens is 370 g/mol. The average molecular weight is 391 g/mol. The lowest BCUT2D eigenvalue weighted by atomic mass is 10.1. The van der Waals surface area contributed by atoms with Gasteiger partial charge in [0.25, 0.3) is 5.91 Å². The maximum atomic E-state index is 12.3. The van der Waals surface area contributed by atoms with E-state index in [9.17, 15) is 9.59 Å². The van der Waals surface area contributed by atoms with Gasteiger partial charge in [0.05, 0.1) is 6.54 Å². The predicted molar refractivity (Wildman–Crippen MR) is 104 cm³/mol. The van der Waals surface area contributed by atoms with E-state index >= 15 is 0 Å². The van der Waals surface area contributed by atoms with Gasteiger partial charge in [0.15, 0.2) is 5.82 Å². The van der Waals surface area contributed by atoms with Gasteiger partial charge in [0.2, 0.25) is 11.8 Å². The summed E-state index contributed by atoms with van der Waals surface area (Å²) in [6.07, 6.45) is 5.01. The van der Waals surface area contributed by atoms with Gasteiger partial charge in [0, 0.05) is 30.9 Å². The second kappa shape index (κ2) is 8.64. The molecule has 1 aromatic carbocycles. The fraction of sp³-hybridized carbons (Fsp3) is 0.286. The quantitative estimate of drug-likeness (QED) is 0.663. The van der Waals surface area contributed by atoms with Gasteiger partial charge < -0.3 is 14.7 Å². The Morgan fingerprint density at radius 1 is 1.17 bits per heavy atom.